The number of thiophene rings is 1. The van der Waals surface area contributed by atoms with E-state index in [0.29, 0.717) is 11.4 Å². The van der Waals surface area contributed by atoms with Gasteiger partial charge in [0.15, 0.2) is 0 Å². The highest BCUT2D eigenvalue weighted by Crippen LogP contribution is 2.32. The van der Waals surface area contributed by atoms with E-state index in [1.165, 1.54) is 18.4 Å². The minimum absolute atomic E-state index is 0.293. The van der Waals surface area contributed by atoms with E-state index >= 15 is 0 Å². The average molecular weight is 287 g/mol. The molecule has 1 aromatic heterocycles. The third-order valence-corrected chi connectivity index (χ3v) is 4.35. The molecular weight excluding hydrogens is 274 g/mol. The van der Waals surface area contributed by atoms with Gasteiger partial charge in [-0.3, -0.25) is 4.99 Å². The van der Waals surface area contributed by atoms with E-state index in [1.54, 1.807) is 7.11 Å². The number of rotatable bonds is 3. The Hall–Kier alpha value is -2.14. The molecule has 0 aliphatic carbocycles. The van der Waals surface area contributed by atoms with Gasteiger partial charge in [-0.1, -0.05) is 0 Å². The minimum atomic E-state index is -0.293. The summed E-state index contributed by atoms with van der Waals surface area (Å²) in [5.74, 6) is 0.521. The first-order chi connectivity index (χ1) is 9.72. The molecule has 0 radical (unpaired) electrons. The molecule has 0 amide bonds. The van der Waals surface area contributed by atoms with Crippen molar-refractivity contribution >= 4 is 23.0 Å². The Labute approximate surface area is 120 Å². The largest absolute Gasteiger partial charge is 0.497 e. The minimum Gasteiger partial charge on any atom is -0.497 e. The summed E-state index contributed by atoms with van der Waals surface area (Å²) in [6.07, 6.45) is 0. The smallest absolute Gasteiger partial charge is 0.348 e. The van der Waals surface area contributed by atoms with Crippen LogP contribution in [0.5, 0.6) is 5.75 Å². The van der Waals surface area contributed by atoms with Crippen molar-refractivity contribution in [3.63, 3.8) is 0 Å². The van der Waals surface area contributed by atoms with Crippen LogP contribution in [-0.4, -0.2) is 25.9 Å². The lowest BCUT2D eigenvalue weighted by molar-refractivity contribution is 0.0606. The van der Waals surface area contributed by atoms with Crippen molar-refractivity contribution < 1.29 is 14.3 Å². The van der Waals surface area contributed by atoms with Crippen LogP contribution >= 0.6 is 11.3 Å². The van der Waals surface area contributed by atoms with Gasteiger partial charge in [0.2, 0.25) is 0 Å². The van der Waals surface area contributed by atoms with Gasteiger partial charge in [-0.05, 0) is 35.9 Å². The lowest BCUT2D eigenvalue weighted by Gasteiger charge is -2.03. The zero-order chi connectivity index (χ0) is 14.1. The van der Waals surface area contributed by atoms with Crippen LogP contribution in [0.25, 0.3) is 0 Å². The number of carbonyl (C=O) groups is 1. The molecule has 1 aliphatic heterocycles. The Morgan fingerprint density at radius 2 is 2.00 bits per heavy atom. The quantitative estimate of drug-likeness (QED) is 0.816. The molecular formula is C15H13NO3S. The molecule has 2 heterocycles. The fraction of sp³-hybridized carbons (Fsp3) is 0.200. The van der Waals surface area contributed by atoms with Crippen LogP contribution in [0, 0.1) is 0 Å². The number of aliphatic imine (C=N–C) groups is 1. The Kier molecular flexibility index (Phi) is 3.28. The van der Waals surface area contributed by atoms with Crippen LogP contribution in [0.4, 0.5) is 0 Å². The summed E-state index contributed by atoms with van der Waals surface area (Å²) >= 11 is 1.43. The molecule has 0 unspecified atom stereocenters. The first-order valence-electron chi connectivity index (χ1n) is 6.13. The van der Waals surface area contributed by atoms with Gasteiger partial charge < -0.3 is 9.47 Å². The van der Waals surface area contributed by atoms with Gasteiger partial charge in [0, 0.05) is 5.56 Å². The standard InChI is InChI=1S/C15H13NO3S/c1-18-11-5-3-9(4-6-11)13-14-10(8-16-13)7-12(20-14)15(17)19-2/h3-7H,8H2,1-2H3. The number of hydrogen-bond acceptors (Lipinski definition) is 5. The van der Waals surface area contributed by atoms with Crippen LogP contribution in [0.2, 0.25) is 0 Å². The summed E-state index contributed by atoms with van der Waals surface area (Å²) in [6.45, 7) is 0.615. The van der Waals surface area contributed by atoms with E-state index in [2.05, 4.69) is 4.99 Å². The van der Waals surface area contributed by atoms with Gasteiger partial charge in [0.25, 0.3) is 0 Å². The Morgan fingerprint density at radius 3 is 2.65 bits per heavy atom. The zero-order valence-corrected chi connectivity index (χ0v) is 12.0. The van der Waals surface area contributed by atoms with E-state index in [9.17, 15) is 4.79 Å². The lowest BCUT2D eigenvalue weighted by atomic mass is 10.1. The molecule has 0 bridgehead atoms. The highest BCUT2D eigenvalue weighted by Gasteiger charge is 2.23. The number of benzene rings is 1. The molecule has 1 aromatic carbocycles. The van der Waals surface area contributed by atoms with Crippen molar-refractivity contribution in [2.45, 2.75) is 6.54 Å². The van der Waals surface area contributed by atoms with E-state index in [1.807, 2.05) is 30.3 Å². The summed E-state index contributed by atoms with van der Waals surface area (Å²) in [5, 5.41) is 0. The van der Waals surface area contributed by atoms with Crippen molar-refractivity contribution in [3.8, 4) is 5.75 Å². The monoisotopic (exact) mass is 287 g/mol. The van der Waals surface area contributed by atoms with E-state index in [-0.39, 0.29) is 5.97 Å². The number of methoxy groups -OCH3 is 2. The fourth-order valence-electron chi connectivity index (χ4n) is 2.16. The third-order valence-electron chi connectivity index (χ3n) is 3.18. The number of nitrogens with zero attached hydrogens (tertiary/aromatic N) is 1. The van der Waals surface area contributed by atoms with E-state index < -0.39 is 0 Å². The molecule has 5 heteroatoms. The Bertz CT molecular complexity index is 686. The predicted molar refractivity (Wildman–Crippen MR) is 78.0 cm³/mol. The molecule has 4 nitrogen and oxygen atoms in total. The Morgan fingerprint density at radius 1 is 1.25 bits per heavy atom. The molecule has 20 heavy (non-hydrogen) atoms. The average Bonchev–Trinajstić information content (AvgIpc) is 3.06. The number of ether oxygens (including phenoxy) is 2. The second kappa shape index (κ2) is 5.09. The molecule has 0 spiro atoms. The zero-order valence-electron chi connectivity index (χ0n) is 11.2. The summed E-state index contributed by atoms with van der Waals surface area (Å²) in [4.78, 5) is 17.8. The van der Waals surface area contributed by atoms with Gasteiger partial charge in [-0.2, -0.15) is 0 Å². The maximum Gasteiger partial charge on any atom is 0.348 e. The highest BCUT2D eigenvalue weighted by atomic mass is 32.1. The van der Waals surface area contributed by atoms with Crippen LogP contribution in [0.15, 0.2) is 35.3 Å². The molecule has 2 aromatic rings. The van der Waals surface area contributed by atoms with Crippen LogP contribution in [-0.2, 0) is 11.3 Å². The van der Waals surface area contributed by atoms with Crippen molar-refractivity contribution in [2.24, 2.45) is 4.99 Å². The van der Waals surface area contributed by atoms with Crippen molar-refractivity contribution in [3.05, 3.63) is 51.2 Å². The number of fused-ring (bicyclic) bond motifs is 1. The SMILES string of the molecule is COC(=O)c1cc2c(s1)C(c1ccc(OC)cc1)=NC2. The summed E-state index contributed by atoms with van der Waals surface area (Å²) in [6, 6.07) is 9.63. The molecule has 0 atom stereocenters. The lowest BCUT2D eigenvalue weighted by Crippen LogP contribution is -1.99. The van der Waals surface area contributed by atoms with E-state index in [0.717, 1.165) is 27.5 Å². The Balaban J connectivity index is 1.95. The maximum absolute atomic E-state index is 11.6. The second-order valence-corrected chi connectivity index (χ2v) is 5.40. The number of hydrogen-bond donors (Lipinski definition) is 0. The van der Waals surface area contributed by atoms with Crippen molar-refractivity contribution in [2.75, 3.05) is 14.2 Å². The van der Waals surface area contributed by atoms with E-state index in [4.69, 9.17) is 9.47 Å². The van der Waals surface area contributed by atoms with Gasteiger partial charge in [-0.15, -0.1) is 11.3 Å². The van der Waals surface area contributed by atoms with Crippen molar-refractivity contribution in [1.29, 1.82) is 0 Å². The third kappa shape index (κ3) is 2.10. The van der Waals surface area contributed by atoms with Crippen LogP contribution < -0.4 is 4.74 Å². The molecule has 3 rings (SSSR count). The molecule has 1 aliphatic rings. The second-order valence-electron chi connectivity index (χ2n) is 4.35. The summed E-state index contributed by atoms with van der Waals surface area (Å²) in [5.41, 5.74) is 3.05. The number of carbonyl (C=O) groups excluding carboxylic acids is 1. The maximum atomic E-state index is 11.6. The summed E-state index contributed by atoms with van der Waals surface area (Å²) < 4.78 is 9.91. The topological polar surface area (TPSA) is 47.9 Å². The fourth-order valence-corrected chi connectivity index (χ4v) is 3.28. The predicted octanol–water partition coefficient (Wildman–Crippen LogP) is 2.89. The van der Waals surface area contributed by atoms with Crippen LogP contribution in [0.3, 0.4) is 0 Å². The van der Waals surface area contributed by atoms with Gasteiger partial charge in [-0.25, -0.2) is 4.79 Å². The summed E-state index contributed by atoms with van der Waals surface area (Å²) in [7, 11) is 3.04. The molecule has 102 valence electrons. The first-order valence-corrected chi connectivity index (χ1v) is 6.95. The molecule has 0 saturated carbocycles. The van der Waals surface area contributed by atoms with Crippen molar-refractivity contribution in [1.82, 2.24) is 0 Å². The molecule has 0 fully saturated rings. The van der Waals surface area contributed by atoms with Gasteiger partial charge in [0.1, 0.15) is 10.6 Å². The number of esters is 1. The van der Waals surface area contributed by atoms with Crippen LogP contribution in [0.1, 0.15) is 25.7 Å². The van der Waals surface area contributed by atoms with Gasteiger partial charge in [0.05, 0.1) is 31.4 Å². The highest BCUT2D eigenvalue weighted by molar-refractivity contribution is 7.16. The van der Waals surface area contributed by atoms with Gasteiger partial charge >= 0.3 is 5.97 Å². The molecule has 0 N–H and O–H groups in total. The normalized spacial score (nSPS) is 12.8. The molecule has 0 saturated heterocycles. The first kappa shape index (κ1) is 12.9.